The van der Waals surface area contributed by atoms with Gasteiger partial charge in [0.1, 0.15) is 11.6 Å². The number of nitrogens with two attached hydrogens (primary N) is 1. The normalized spacial score (nSPS) is 14.6. The Morgan fingerprint density at radius 2 is 1.76 bits per heavy atom. The molecule has 3 N–H and O–H groups in total. The van der Waals surface area contributed by atoms with Crippen molar-refractivity contribution in [2.75, 3.05) is 18.4 Å². The zero-order chi connectivity index (χ0) is 26.4. The predicted octanol–water partition coefficient (Wildman–Crippen LogP) is 4.95. The third-order valence-electron chi connectivity index (χ3n) is 6.55. The van der Waals surface area contributed by atoms with Gasteiger partial charge in [0.05, 0.1) is 23.5 Å². The lowest BCUT2D eigenvalue weighted by molar-refractivity contribution is 0.0608. The maximum Gasteiger partial charge on any atom is 0.253 e. The number of carbonyl (C=O) groups is 1. The van der Waals surface area contributed by atoms with E-state index < -0.39 is 11.6 Å². The Balaban J connectivity index is 1.33. The van der Waals surface area contributed by atoms with E-state index in [0.29, 0.717) is 57.7 Å². The molecule has 6 rings (SSSR count). The van der Waals surface area contributed by atoms with Crippen LogP contribution in [0.25, 0.3) is 11.3 Å². The van der Waals surface area contributed by atoms with Gasteiger partial charge in [-0.1, -0.05) is 23.7 Å². The molecule has 10 heteroatoms. The topological polar surface area (TPSA) is 96.5 Å². The number of rotatable bonds is 4. The zero-order valence-electron chi connectivity index (χ0n) is 20.0. The molecule has 1 amide bonds. The van der Waals surface area contributed by atoms with Crippen LogP contribution in [0.3, 0.4) is 0 Å². The first-order chi connectivity index (χ1) is 18.4. The van der Waals surface area contributed by atoms with Crippen molar-refractivity contribution in [1.29, 1.82) is 0 Å². The van der Waals surface area contributed by atoms with Gasteiger partial charge in [-0.05, 0) is 48.5 Å². The Hall–Kier alpha value is -4.21. The number of likely N-dealkylation sites (tertiary alicyclic amines) is 1. The van der Waals surface area contributed by atoms with Crippen molar-refractivity contribution in [3.63, 3.8) is 0 Å². The fourth-order valence-corrected chi connectivity index (χ4v) is 4.78. The molecular formula is C28H21ClF2N6O. The number of halogens is 3. The van der Waals surface area contributed by atoms with Crippen LogP contribution < -0.4 is 11.1 Å². The minimum absolute atomic E-state index is 0.0404. The molecule has 190 valence electrons. The van der Waals surface area contributed by atoms with Gasteiger partial charge in [0.2, 0.25) is 5.95 Å². The van der Waals surface area contributed by atoms with Gasteiger partial charge in [-0.25, -0.2) is 18.7 Å². The summed E-state index contributed by atoms with van der Waals surface area (Å²) in [5, 5.41) is 3.56. The Morgan fingerprint density at radius 1 is 1.03 bits per heavy atom. The quantitative estimate of drug-likeness (QED) is 0.389. The highest BCUT2D eigenvalue weighted by Gasteiger charge is 2.28. The summed E-state index contributed by atoms with van der Waals surface area (Å²) in [5.74, 6) is -1.17. The van der Waals surface area contributed by atoms with Gasteiger partial charge in [0.25, 0.3) is 5.91 Å². The van der Waals surface area contributed by atoms with Crippen LogP contribution in [0.2, 0.25) is 5.02 Å². The number of fused-ring (bicyclic) bond motifs is 3. The van der Waals surface area contributed by atoms with Crippen molar-refractivity contribution in [3.8, 4) is 11.3 Å². The van der Waals surface area contributed by atoms with Crippen LogP contribution in [0.5, 0.6) is 0 Å². The lowest BCUT2D eigenvalue weighted by atomic mass is 9.95. The van der Waals surface area contributed by atoms with Crippen molar-refractivity contribution in [2.45, 2.75) is 12.6 Å². The molecule has 2 aliphatic rings. The number of carbonyl (C=O) groups excluding carboxylic acids is 1. The van der Waals surface area contributed by atoms with Crippen LogP contribution >= 0.6 is 11.6 Å². The standard InChI is InChI=1S/C28H21ClF2N6O/c29-17-6-9-20-21(10-17)26(24-22(30)2-1-3-23(24)31)33-11-16-12-34-28(36-25(16)20)35-19-7-4-15(5-8-19)27(38)37-13-18(32)14-37/h1-10,12,18H,11,13-14,32H2,(H,34,35,36). The van der Waals surface area contributed by atoms with Gasteiger partial charge in [0, 0.05) is 58.3 Å². The number of benzene rings is 3. The summed E-state index contributed by atoms with van der Waals surface area (Å²) >= 11 is 6.28. The van der Waals surface area contributed by atoms with Crippen LogP contribution in [-0.4, -0.2) is 45.6 Å². The average molecular weight is 531 g/mol. The highest BCUT2D eigenvalue weighted by molar-refractivity contribution is 6.31. The van der Waals surface area contributed by atoms with Crippen LogP contribution in [0, 0.1) is 11.6 Å². The molecule has 0 unspecified atom stereocenters. The van der Waals surface area contributed by atoms with E-state index in [1.54, 1.807) is 53.6 Å². The minimum Gasteiger partial charge on any atom is -0.335 e. The summed E-state index contributed by atoms with van der Waals surface area (Å²) in [6.07, 6.45) is 1.64. The molecule has 3 heterocycles. The largest absolute Gasteiger partial charge is 0.335 e. The minimum atomic E-state index is -0.715. The summed E-state index contributed by atoms with van der Waals surface area (Å²) in [7, 11) is 0. The molecule has 0 spiro atoms. The monoisotopic (exact) mass is 530 g/mol. The second-order valence-electron chi connectivity index (χ2n) is 9.19. The van der Waals surface area contributed by atoms with E-state index in [0.717, 1.165) is 0 Å². The van der Waals surface area contributed by atoms with E-state index in [4.69, 9.17) is 22.3 Å². The van der Waals surface area contributed by atoms with Gasteiger partial charge >= 0.3 is 0 Å². The number of nitrogens with one attached hydrogen (secondary N) is 1. The Kier molecular flexibility index (Phi) is 6.09. The van der Waals surface area contributed by atoms with Crippen LogP contribution in [0.4, 0.5) is 20.4 Å². The Labute approximate surface area is 222 Å². The van der Waals surface area contributed by atoms with Gasteiger partial charge in [0.15, 0.2) is 0 Å². The van der Waals surface area contributed by atoms with Gasteiger partial charge in [-0.2, -0.15) is 0 Å². The lowest BCUT2D eigenvalue weighted by Gasteiger charge is -2.36. The smallest absolute Gasteiger partial charge is 0.253 e. The molecule has 7 nitrogen and oxygen atoms in total. The second-order valence-corrected chi connectivity index (χ2v) is 9.63. The van der Waals surface area contributed by atoms with E-state index in [1.165, 1.54) is 18.2 Å². The zero-order valence-corrected chi connectivity index (χ0v) is 20.7. The van der Waals surface area contributed by atoms with Gasteiger partial charge in [-0.15, -0.1) is 0 Å². The number of hydrogen-bond acceptors (Lipinski definition) is 6. The maximum absolute atomic E-state index is 14.7. The summed E-state index contributed by atoms with van der Waals surface area (Å²) in [5.41, 5.74) is 9.35. The van der Waals surface area contributed by atoms with E-state index in [-0.39, 0.29) is 29.8 Å². The Morgan fingerprint density at radius 3 is 2.47 bits per heavy atom. The number of anilines is 2. The molecule has 0 saturated carbocycles. The average Bonchev–Trinajstić information content (AvgIpc) is 3.03. The van der Waals surface area contributed by atoms with Crippen LogP contribution in [0.15, 0.2) is 71.9 Å². The summed E-state index contributed by atoms with van der Waals surface area (Å²) in [4.78, 5) is 27.9. The number of amides is 1. The number of aliphatic imine (C=N–C) groups is 1. The molecule has 3 aromatic carbocycles. The maximum atomic E-state index is 14.7. The van der Waals surface area contributed by atoms with Gasteiger partial charge in [-0.3, -0.25) is 9.79 Å². The van der Waals surface area contributed by atoms with Crippen LogP contribution in [-0.2, 0) is 6.54 Å². The van der Waals surface area contributed by atoms with Crippen molar-refractivity contribution >= 4 is 34.9 Å². The fraction of sp³-hybridized carbons (Fsp3) is 0.143. The highest BCUT2D eigenvalue weighted by atomic mass is 35.5. The van der Waals surface area contributed by atoms with Crippen molar-refractivity contribution in [3.05, 3.63) is 106 Å². The molecule has 38 heavy (non-hydrogen) atoms. The molecule has 4 aromatic rings. The number of aromatic nitrogens is 2. The number of hydrogen-bond donors (Lipinski definition) is 2. The number of nitrogens with zero attached hydrogens (tertiary/aromatic N) is 4. The second kappa shape index (κ2) is 9.59. The van der Waals surface area contributed by atoms with E-state index in [9.17, 15) is 13.6 Å². The molecular weight excluding hydrogens is 510 g/mol. The van der Waals surface area contributed by atoms with Crippen LogP contribution in [0.1, 0.15) is 27.0 Å². The molecule has 1 fully saturated rings. The summed E-state index contributed by atoms with van der Waals surface area (Å²) < 4.78 is 29.5. The lowest BCUT2D eigenvalue weighted by Crippen LogP contribution is -2.57. The first-order valence-corrected chi connectivity index (χ1v) is 12.3. The molecule has 0 aliphatic carbocycles. The van der Waals surface area contributed by atoms with Crippen molar-refractivity contribution < 1.29 is 13.6 Å². The molecule has 0 atom stereocenters. The first kappa shape index (κ1) is 24.1. The van der Waals surface area contributed by atoms with E-state index in [2.05, 4.69) is 15.3 Å². The molecule has 1 aromatic heterocycles. The Bertz CT molecular complexity index is 1580. The SMILES string of the molecule is NC1CN(C(=O)c2ccc(Nc3ncc4c(n3)-c3ccc(Cl)cc3C(c3c(F)cccc3F)=NC4)cc2)C1. The van der Waals surface area contributed by atoms with E-state index in [1.807, 2.05) is 0 Å². The van der Waals surface area contributed by atoms with E-state index >= 15 is 0 Å². The predicted molar refractivity (Wildman–Crippen MR) is 142 cm³/mol. The third-order valence-corrected chi connectivity index (χ3v) is 6.78. The molecule has 1 saturated heterocycles. The highest BCUT2D eigenvalue weighted by Crippen LogP contribution is 2.34. The molecule has 0 radical (unpaired) electrons. The van der Waals surface area contributed by atoms with Crippen molar-refractivity contribution in [2.24, 2.45) is 10.7 Å². The van der Waals surface area contributed by atoms with Crippen molar-refractivity contribution in [1.82, 2.24) is 14.9 Å². The third kappa shape index (κ3) is 4.40. The summed E-state index contributed by atoms with van der Waals surface area (Å²) in [6, 6.07) is 15.9. The molecule has 2 aliphatic heterocycles. The summed E-state index contributed by atoms with van der Waals surface area (Å²) in [6.45, 7) is 1.24. The molecule has 0 bridgehead atoms. The van der Waals surface area contributed by atoms with Gasteiger partial charge < -0.3 is 16.0 Å². The fourth-order valence-electron chi connectivity index (χ4n) is 4.61. The first-order valence-electron chi connectivity index (χ1n) is 11.9.